The molecule has 1 aromatic rings. The third-order valence-corrected chi connectivity index (χ3v) is 3.22. The molecule has 88 valence electrons. The molecular weight excluding hydrogens is 268 g/mol. The molecule has 0 spiro atoms. The summed E-state index contributed by atoms with van der Waals surface area (Å²) in [6.45, 7) is 4.13. The van der Waals surface area contributed by atoms with Gasteiger partial charge < -0.3 is 5.32 Å². The molecule has 0 aliphatic rings. The van der Waals surface area contributed by atoms with Crippen LogP contribution in [0.25, 0.3) is 0 Å². The van der Waals surface area contributed by atoms with Gasteiger partial charge in [-0.25, -0.2) is 0 Å². The number of nitrogens with one attached hydrogen (secondary N) is 1. The van der Waals surface area contributed by atoms with Gasteiger partial charge in [0.05, 0.1) is 6.54 Å². The van der Waals surface area contributed by atoms with Crippen molar-refractivity contribution in [1.29, 1.82) is 0 Å². The Hall–Kier alpha value is -0.870. The molecule has 4 heteroatoms. The molecule has 0 aliphatic heterocycles. The Balaban J connectivity index is 2.63. The van der Waals surface area contributed by atoms with Gasteiger partial charge in [-0.05, 0) is 18.2 Å². The molecule has 0 aromatic heterocycles. The summed E-state index contributed by atoms with van der Waals surface area (Å²) in [7, 11) is 1.66. The van der Waals surface area contributed by atoms with Crippen molar-refractivity contribution < 1.29 is 4.79 Å². The summed E-state index contributed by atoms with van der Waals surface area (Å²) in [5, 5.41) is 2.64. The van der Waals surface area contributed by atoms with E-state index in [2.05, 4.69) is 39.1 Å². The molecule has 16 heavy (non-hydrogen) atoms. The molecule has 0 heterocycles. The second kappa shape index (κ2) is 6.66. The van der Waals surface area contributed by atoms with E-state index in [9.17, 15) is 4.79 Å². The summed E-state index contributed by atoms with van der Waals surface area (Å²) in [5.41, 5.74) is 1.20. The predicted octanol–water partition coefficient (Wildman–Crippen LogP) is 2.02. The molecule has 3 nitrogen and oxygen atoms in total. The molecule has 1 N–H and O–H groups in total. The number of nitrogens with zero attached hydrogens (tertiary/aromatic N) is 1. The predicted molar refractivity (Wildman–Crippen MR) is 69.2 cm³/mol. The topological polar surface area (TPSA) is 32.3 Å². The average molecular weight is 285 g/mol. The number of benzene rings is 1. The van der Waals surface area contributed by atoms with E-state index in [1.165, 1.54) is 5.56 Å². The van der Waals surface area contributed by atoms with E-state index in [-0.39, 0.29) is 5.91 Å². The Kier molecular flexibility index (Phi) is 5.49. The highest BCUT2D eigenvalue weighted by atomic mass is 79.9. The quantitative estimate of drug-likeness (QED) is 0.897. The van der Waals surface area contributed by atoms with Gasteiger partial charge in [-0.2, -0.15) is 0 Å². The Morgan fingerprint density at radius 3 is 2.69 bits per heavy atom. The van der Waals surface area contributed by atoms with Gasteiger partial charge in [-0.15, -0.1) is 0 Å². The van der Waals surface area contributed by atoms with Crippen LogP contribution < -0.4 is 5.32 Å². The summed E-state index contributed by atoms with van der Waals surface area (Å²) >= 11 is 3.51. The molecule has 0 bridgehead atoms. The summed E-state index contributed by atoms with van der Waals surface area (Å²) in [4.78, 5) is 13.4. The molecule has 0 fully saturated rings. The van der Waals surface area contributed by atoms with E-state index in [0.29, 0.717) is 6.54 Å². The molecule has 0 saturated carbocycles. The Bertz CT molecular complexity index is 355. The minimum absolute atomic E-state index is 0.0499. The molecule has 1 aromatic carbocycles. The smallest absolute Gasteiger partial charge is 0.233 e. The highest BCUT2D eigenvalue weighted by Gasteiger charge is 2.09. The summed E-state index contributed by atoms with van der Waals surface area (Å²) in [6.07, 6.45) is 0. The van der Waals surface area contributed by atoms with Gasteiger partial charge in [-0.1, -0.05) is 41.1 Å². The number of hydrogen-bond donors (Lipinski definition) is 1. The van der Waals surface area contributed by atoms with Gasteiger partial charge in [0.15, 0.2) is 0 Å². The zero-order chi connectivity index (χ0) is 12.0. The van der Waals surface area contributed by atoms with Crippen LogP contribution in [0.15, 0.2) is 28.7 Å². The minimum atomic E-state index is 0.0499. The van der Waals surface area contributed by atoms with Crippen molar-refractivity contribution in [1.82, 2.24) is 10.2 Å². The Labute approximate surface area is 105 Å². The second-order valence-electron chi connectivity index (χ2n) is 3.57. The first-order valence-electron chi connectivity index (χ1n) is 5.33. The maximum atomic E-state index is 11.3. The van der Waals surface area contributed by atoms with Crippen molar-refractivity contribution in [2.45, 2.75) is 13.5 Å². The van der Waals surface area contributed by atoms with Crippen molar-refractivity contribution in [2.75, 3.05) is 20.1 Å². The van der Waals surface area contributed by atoms with Gasteiger partial charge in [0.25, 0.3) is 0 Å². The van der Waals surface area contributed by atoms with Crippen LogP contribution in [0.5, 0.6) is 0 Å². The minimum Gasteiger partial charge on any atom is -0.358 e. The molecule has 1 amide bonds. The number of hydrogen-bond acceptors (Lipinski definition) is 2. The van der Waals surface area contributed by atoms with Gasteiger partial charge in [0, 0.05) is 18.1 Å². The van der Waals surface area contributed by atoms with Crippen LogP contribution in [0.1, 0.15) is 12.5 Å². The Morgan fingerprint density at radius 2 is 2.12 bits per heavy atom. The summed E-state index contributed by atoms with van der Waals surface area (Å²) in [6, 6.07) is 8.08. The monoisotopic (exact) mass is 284 g/mol. The van der Waals surface area contributed by atoms with E-state index in [1.807, 2.05) is 18.2 Å². The lowest BCUT2D eigenvalue weighted by molar-refractivity contribution is -0.121. The van der Waals surface area contributed by atoms with Crippen molar-refractivity contribution >= 4 is 21.8 Å². The lowest BCUT2D eigenvalue weighted by Gasteiger charge is -2.20. The first-order chi connectivity index (χ1) is 7.67. The maximum Gasteiger partial charge on any atom is 0.233 e. The van der Waals surface area contributed by atoms with Crippen molar-refractivity contribution in [3.05, 3.63) is 34.3 Å². The van der Waals surface area contributed by atoms with Crippen LogP contribution >= 0.6 is 15.9 Å². The number of halogens is 1. The largest absolute Gasteiger partial charge is 0.358 e. The summed E-state index contributed by atoms with van der Waals surface area (Å²) in [5.74, 6) is 0.0499. The molecule has 1 rings (SSSR count). The number of rotatable bonds is 5. The first kappa shape index (κ1) is 13.2. The molecule has 0 unspecified atom stereocenters. The molecule has 0 atom stereocenters. The van der Waals surface area contributed by atoms with E-state index < -0.39 is 0 Å². The van der Waals surface area contributed by atoms with Crippen LogP contribution in [0.3, 0.4) is 0 Å². The number of carbonyl (C=O) groups is 1. The standard InChI is InChI=1S/C12H17BrN2O/c1-3-15(9-12(16)14-2)8-10-6-4-5-7-11(10)13/h4-7H,3,8-9H2,1-2H3,(H,14,16). The van der Waals surface area contributed by atoms with Gasteiger partial charge in [0.2, 0.25) is 5.91 Å². The average Bonchev–Trinajstić information content (AvgIpc) is 2.30. The Morgan fingerprint density at radius 1 is 1.44 bits per heavy atom. The maximum absolute atomic E-state index is 11.3. The van der Waals surface area contributed by atoms with Crippen molar-refractivity contribution in [2.24, 2.45) is 0 Å². The van der Waals surface area contributed by atoms with E-state index >= 15 is 0 Å². The van der Waals surface area contributed by atoms with Crippen LogP contribution in [0.4, 0.5) is 0 Å². The fourth-order valence-corrected chi connectivity index (χ4v) is 1.84. The molecule has 0 saturated heterocycles. The second-order valence-corrected chi connectivity index (χ2v) is 4.42. The number of likely N-dealkylation sites (N-methyl/N-ethyl adjacent to an activating group) is 2. The molecule has 0 aliphatic carbocycles. The molecule has 0 radical (unpaired) electrons. The highest BCUT2D eigenvalue weighted by Crippen LogP contribution is 2.17. The third kappa shape index (κ3) is 3.94. The first-order valence-corrected chi connectivity index (χ1v) is 6.13. The zero-order valence-electron chi connectivity index (χ0n) is 9.66. The van der Waals surface area contributed by atoms with E-state index in [1.54, 1.807) is 7.05 Å². The highest BCUT2D eigenvalue weighted by molar-refractivity contribution is 9.10. The lowest BCUT2D eigenvalue weighted by Crippen LogP contribution is -2.35. The fraction of sp³-hybridized carbons (Fsp3) is 0.417. The van der Waals surface area contributed by atoms with Crippen LogP contribution in [0, 0.1) is 0 Å². The van der Waals surface area contributed by atoms with E-state index in [0.717, 1.165) is 17.6 Å². The zero-order valence-corrected chi connectivity index (χ0v) is 11.3. The SMILES string of the molecule is CCN(CC(=O)NC)Cc1ccccc1Br. The van der Waals surface area contributed by atoms with Crippen LogP contribution in [-0.2, 0) is 11.3 Å². The number of carbonyl (C=O) groups excluding carboxylic acids is 1. The third-order valence-electron chi connectivity index (χ3n) is 2.45. The normalized spacial score (nSPS) is 10.5. The van der Waals surface area contributed by atoms with E-state index in [4.69, 9.17) is 0 Å². The molecular formula is C12H17BrN2O. The lowest BCUT2D eigenvalue weighted by atomic mass is 10.2. The van der Waals surface area contributed by atoms with Gasteiger partial charge in [0.1, 0.15) is 0 Å². The van der Waals surface area contributed by atoms with Gasteiger partial charge in [-0.3, -0.25) is 9.69 Å². The van der Waals surface area contributed by atoms with Crippen molar-refractivity contribution in [3.63, 3.8) is 0 Å². The fourth-order valence-electron chi connectivity index (χ4n) is 1.43. The number of amides is 1. The van der Waals surface area contributed by atoms with Gasteiger partial charge >= 0.3 is 0 Å². The van der Waals surface area contributed by atoms with Crippen molar-refractivity contribution in [3.8, 4) is 0 Å². The van der Waals surface area contributed by atoms with Crippen LogP contribution in [0.2, 0.25) is 0 Å². The summed E-state index contributed by atoms with van der Waals surface area (Å²) < 4.78 is 1.09. The van der Waals surface area contributed by atoms with Crippen LogP contribution in [-0.4, -0.2) is 30.9 Å².